The number of hydrogen-bond donors (Lipinski definition) is 0. The zero-order chi connectivity index (χ0) is 11.0. The number of fused-ring (bicyclic) bond motifs is 1. The van der Waals surface area contributed by atoms with Gasteiger partial charge < -0.3 is 9.47 Å². The fraction of sp³-hybridized carbons (Fsp3) is 0.0833. The Bertz CT molecular complexity index is 532. The van der Waals surface area contributed by atoms with Crippen LogP contribution in [0, 0.1) is 0 Å². The first-order valence-electron chi connectivity index (χ1n) is 4.93. The van der Waals surface area contributed by atoms with Crippen LogP contribution in [0.25, 0.3) is 5.70 Å². The zero-order valence-corrected chi connectivity index (χ0v) is 8.59. The van der Waals surface area contributed by atoms with Gasteiger partial charge >= 0.3 is 0 Å². The van der Waals surface area contributed by atoms with Gasteiger partial charge in [-0.1, -0.05) is 6.58 Å². The molecule has 0 N–H and O–H groups in total. The van der Waals surface area contributed by atoms with Crippen molar-refractivity contribution in [3.63, 3.8) is 0 Å². The van der Waals surface area contributed by atoms with Crippen LogP contribution < -0.4 is 9.47 Å². The highest BCUT2D eigenvalue weighted by atomic mass is 16.7. The summed E-state index contributed by atoms with van der Waals surface area (Å²) in [5.41, 5.74) is 1.77. The lowest BCUT2D eigenvalue weighted by Crippen LogP contribution is -1.97. The monoisotopic (exact) mass is 214 g/mol. The Hall–Kier alpha value is -2.23. The van der Waals surface area contributed by atoms with E-state index < -0.39 is 0 Å². The van der Waals surface area contributed by atoms with Crippen molar-refractivity contribution in [2.75, 3.05) is 6.79 Å². The van der Waals surface area contributed by atoms with Crippen molar-refractivity contribution in [3.05, 3.63) is 48.8 Å². The Morgan fingerprint density at radius 3 is 3.00 bits per heavy atom. The van der Waals surface area contributed by atoms with E-state index in [2.05, 4.69) is 11.7 Å². The van der Waals surface area contributed by atoms with E-state index in [1.54, 1.807) is 10.9 Å². The van der Waals surface area contributed by atoms with Crippen molar-refractivity contribution in [2.45, 2.75) is 0 Å². The second-order valence-electron chi connectivity index (χ2n) is 3.47. The molecule has 2 aromatic rings. The van der Waals surface area contributed by atoms with Gasteiger partial charge in [-0.25, -0.2) is 4.68 Å². The lowest BCUT2D eigenvalue weighted by Gasteiger charge is -2.06. The molecule has 16 heavy (non-hydrogen) atoms. The summed E-state index contributed by atoms with van der Waals surface area (Å²) in [5, 5.41) is 4.13. The molecular weight excluding hydrogens is 204 g/mol. The average molecular weight is 214 g/mol. The van der Waals surface area contributed by atoms with Crippen LogP contribution >= 0.6 is 0 Å². The number of aromatic nitrogens is 2. The SMILES string of the molecule is C=C(c1ccc2c(c1)OCO2)n1cccn1. The van der Waals surface area contributed by atoms with Gasteiger partial charge in [0.2, 0.25) is 6.79 Å². The van der Waals surface area contributed by atoms with Crippen LogP contribution in [0.3, 0.4) is 0 Å². The van der Waals surface area contributed by atoms with E-state index in [1.807, 2.05) is 30.5 Å². The van der Waals surface area contributed by atoms with E-state index in [9.17, 15) is 0 Å². The summed E-state index contributed by atoms with van der Waals surface area (Å²) in [4.78, 5) is 0. The number of nitrogens with zero attached hydrogens (tertiary/aromatic N) is 2. The van der Waals surface area contributed by atoms with Crippen LogP contribution in [-0.4, -0.2) is 16.6 Å². The molecule has 4 nitrogen and oxygen atoms in total. The quantitative estimate of drug-likeness (QED) is 0.768. The van der Waals surface area contributed by atoms with Crippen LogP contribution in [0.1, 0.15) is 5.56 Å². The molecule has 2 heterocycles. The fourth-order valence-corrected chi connectivity index (χ4v) is 1.64. The van der Waals surface area contributed by atoms with Crippen LogP contribution in [0.4, 0.5) is 0 Å². The molecule has 3 rings (SSSR count). The second kappa shape index (κ2) is 3.41. The summed E-state index contributed by atoms with van der Waals surface area (Å²) in [6, 6.07) is 7.59. The van der Waals surface area contributed by atoms with E-state index in [0.29, 0.717) is 0 Å². The van der Waals surface area contributed by atoms with Gasteiger partial charge in [-0.05, 0) is 24.3 Å². The third-order valence-corrected chi connectivity index (χ3v) is 2.49. The first-order valence-corrected chi connectivity index (χ1v) is 4.93. The van der Waals surface area contributed by atoms with Gasteiger partial charge in [0.15, 0.2) is 11.5 Å². The molecule has 1 aromatic heterocycles. The zero-order valence-electron chi connectivity index (χ0n) is 8.59. The van der Waals surface area contributed by atoms with Crippen LogP contribution in [0.5, 0.6) is 11.5 Å². The molecule has 0 amide bonds. The minimum atomic E-state index is 0.285. The normalized spacial score (nSPS) is 12.8. The van der Waals surface area contributed by atoms with E-state index in [4.69, 9.17) is 9.47 Å². The summed E-state index contributed by atoms with van der Waals surface area (Å²) in [5.74, 6) is 1.53. The van der Waals surface area contributed by atoms with Gasteiger partial charge in [-0.2, -0.15) is 5.10 Å². The third kappa shape index (κ3) is 1.35. The molecule has 80 valence electrons. The van der Waals surface area contributed by atoms with Gasteiger partial charge in [-0.15, -0.1) is 0 Å². The predicted molar refractivity (Wildman–Crippen MR) is 59.2 cm³/mol. The second-order valence-corrected chi connectivity index (χ2v) is 3.47. The third-order valence-electron chi connectivity index (χ3n) is 2.49. The van der Waals surface area contributed by atoms with Gasteiger partial charge in [0.05, 0.1) is 5.70 Å². The maximum atomic E-state index is 5.31. The van der Waals surface area contributed by atoms with E-state index in [-0.39, 0.29) is 6.79 Å². The van der Waals surface area contributed by atoms with Crippen LogP contribution in [0.15, 0.2) is 43.2 Å². The standard InChI is InChI=1S/C12H10N2O2/c1-9(14-6-2-5-13-14)10-3-4-11-12(7-10)16-8-15-11/h2-7H,1,8H2. The molecular formula is C12H10N2O2. The molecule has 0 unspecified atom stereocenters. The summed E-state index contributed by atoms with van der Waals surface area (Å²) < 4.78 is 12.3. The molecule has 1 aliphatic heterocycles. The van der Waals surface area contributed by atoms with E-state index in [0.717, 1.165) is 22.8 Å². The van der Waals surface area contributed by atoms with E-state index >= 15 is 0 Å². The number of rotatable bonds is 2. The summed E-state index contributed by atoms with van der Waals surface area (Å²) in [6.45, 7) is 4.28. The largest absolute Gasteiger partial charge is 0.454 e. The molecule has 1 aliphatic rings. The predicted octanol–water partition coefficient (Wildman–Crippen LogP) is 2.13. The molecule has 0 saturated carbocycles. The molecule has 0 atom stereocenters. The Morgan fingerprint density at radius 2 is 2.19 bits per heavy atom. The number of ether oxygens (including phenoxy) is 2. The van der Waals surface area contributed by atoms with Crippen molar-refractivity contribution < 1.29 is 9.47 Å². The minimum absolute atomic E-state index is 0.285. The summed E-state index contributed by atoms with van der Waals surface area (Å²) in [7, 11) is 0. The van der Waals surface area contributed by atoms with Gasteiger partial charge in [0.1, 0.15) is 0 Å². The van der Waals surface area contributed by atoms with E-state index in [1.165, 1.54) is 0 Å². The smallest absolute Gasteiger partial charge is 0.231 e. The first-order chi connectivity index (χ1) is 7.84. The Balaban J connectivity index is 1.99. The molecule has 0 aliphatic carbocycles. The van der Waals surface area contributed by atoms with Crippen molar-refractivity contribution >= 4 is 5.70 Å². The maximum Gasteiger partial charge on any atom is 0.231 e. The summed E-state index contributed by atoms with van der Waals surface area (Å²) in [6.07, 6.45) is 3.57. The highest BCUT2D eigenvalue weighted by Crippen LogP contribution is 2.34. The highest BCUT2D eigenvalue weighted by molar-refractivity contribution is 5.66. The Kier molecular flexibility index (Phi) is 1.93. The first kappa shape index (κ1) is 9.03. The molecule has 0 radical (unpaired) electrons. The fourth-order valence-electron chi connectivity index (χ4n) is 1.64. The van der Waals surface area contributed by atoms with Crippen LogP contribution in [-0.2, 0) is 0 Å². The molecule has 0 fully saturated rings. The number of benzene rings is 1. The van der Waals surface area contributed by atoms with Crippen molar-refractivity contribution in [2.24, 2.45) is 0 Å². The molecule has 4 heteroatoms. The van der Waals surface area contributed by atoms with Crippen LogP contribution in [0.2, 0.25) is 0 Å². The average Bonchev–Trinajstić information content (AvgIpc) is 2.98. The molecule has 0 spiro atoms. The van der Waals surface area contributed by atoms with Crippen molar-refractivity contribution in [1.29, 1.82) is 0 Å². The lowest BCUT2D eigenvalue weighted by atomic mass is 10.1. The maximum absolute atomic E-state index is 5.31. The minimum Gasteiger partial charge on any atom is -0.454 e. The molecule has 0 saturated heterocycles. The lowest BCUT2D eigenvalue weighted by molar-refractivity contribution is 0.174. The van der Waals surface area contributed by atoms with Crippen molar-refractivity contribution in [1.82, 2.24) is 9.78 Å². The Morgan fingerprint density at radius 1 is 1.31 bits per heavy atom. The van der Waals surface area contributed by atoms with Gasteiger partial charge in [0, 0.05) is 18.0 Å². The summed E-state index contributed by atoms with van der Waals surface area (Å²) >= 11 is 0. The van der Waals surface area contributed by atoms with Gasteiger partial charge in [-0.3, -0.25) is 0 Å². The topological polar surface area (TPSA) is 36.3 Å². The molecule has 1 aromatic carbocycles. The van der Waals surface area contributed by atoms with Crippen molar-refractivity contribution in [3.8, 4) is 11.5 Å². The highest BCUT2D eigenvalue weighted by Gasteiger charge is 2.14. The van der Waals surface area contributed by atoms with Gasteiger partial charge in [0.25, 0.3) is 0 Å². The number of hydrogen-bond acceptors (Lipinski definition) is 3. The Labute approximate surface area is 92.7 Å². The molecule has 0 bridgehead atoms.